The highest BCUT2D eigenvalue weighted by molar-refractivity contribution is 5.84. The van der Waals surface area contributed by atoms with Crippen LogP contribution in [0, 0.1) is 0 Å². The first-order chi connectivity index (χ1) is 14.8. The van der Waals surface area contributed by atoms with E-state index < -0.39 is 0 Å². The first-order valence-corrected chi connectivity index (χ1v) is 10.2. The molecule has 0 aliphatic carbocycles. The van der Waals surface area contributed by atoms with Crippen molar-refractivity contribution in [3.8, 4) is 5.75 Å². The van der Waals surface area contributed by atoms with E-state index in [1.165, 1.54) is 16.7 Å². The van der Waals surface area contributed by atoms with Gasteiger partial charge in [0.05, 0.1) is 7.11 Å². The van der Waals surface area contributed by atoms with Gasteiger partial charge in [0.15, 0.2) is 11.5 Å². The van der Waals surface area contributed by atoms with E-state index in [2.05, 4.69) is 61.6 Å². The van der Waals surface area contributed by atoms with Gasteiger partial charge in [-0.1, -0.05) is 36.4 Å². The Balaban J connectivity index is 1.30. The van der Waals surface area contributed by atoms with E-state index in [-0.39, 0.29) is 0 Å². The molecule has 0 radical (unpaired) electrons. The fourth-order valence-corrected chi connectivity index (χ4v) is 3.89. The zero-order valence-corrected chi connectivity index (χ0v) is 16.9. The van der Waals surface area contributed by atoms with Crippen LogP contribution >= 0.6 is 0 Å². The third-order valence-corrected chi connectivity index (χ3v) is 5.57. The second-order valence-electron chi connectivity index (χ2n) is 7.45. The molecular formula is C23H24N6O. The summed E-state index contributed by atoms with van der Waals surface area (Å²) in [5, 5.41) is 3.42. The van der Waals surface area contributed by atoms with E-state index in [1.807, 2.05) is 12.1 Å². The van der Waals surface area contributed by atoms with Crippen molar-refractivity contribution in [1.82, 2.24) is 19.9 Å². The molecule has 4 aromatic rings. The standard InChI is InChI=1S/C23H24N6O/c1-30-19-8-6-16(7-9-19)10-12-24-21-20-22(26-15-25-21)28-23(27-20)29-13-11-17-4-2-3-5-18(17)14-29/h2-9,15H,10-14H2,1H3,(H2,24,25,26,27,28). The molecule has 0 spiro atoms. The van der Waals surface area contributed by atoms with Gasteiger partial charge in [0.2, 0.25) is 5.95 Å². The molecule has 5 rings (SSSR count). The Labute approximate surface area is 175 Å². The van der Waals surface area contributed by atoms with Crippen LogP contribution in [-0.2, 0) is 19.4 Å². The molecule has 0 bridgehead atoms. The van der Waals surface area contributed by atoms with Gasteiger partial charge in [-0.3, -0.25) is 0 Å². The lowest BCUT2D eigenvalue weighted by Crippen LogP contribution is -2.31. The van der Waals surface area contributed by atoms with Crippen LogP contribution < -0.4 is 15.0 Å². The minimum atomic E-state index is 0.686. The molecule has 0 amide bonds. The van der Waals surface area contributed by atoms with Crippen LogP contribution in [-0.4, -0.2) is 40.1 Å². The maximum atomic E-state index is 5.22. The van der Waals surface area contributed by atoms with Gasteiger partial charge in [-0.15, -0.1) is 0 Å². The van der Waals surface area contributed by atoms with E-state index >= 15 is 0 Å². The summed E-state index contributed by atoms with van der Waals surface area (Å²) < 4.78 is 5.22. The maximum Gasteiger partial charge on any atom is 0.205 e. The van der Waals surface area contributed by atoms with Crippen LogP contribution in [0.1, 0.15) is 16.7 Å². The van der Waals surface area contributed by atoms with Crippen LogP contribution in [0.25, 0.3) is 11.2 Å². The first kappa shape index (κ1) is 18.4. The average Bonchev–Trinajstić information content (AvgIpc) is 3.24. The van der Waals surface area contributed by atoms with Crippen molar-refractivity contribution in [2.75, 3.05) is 30.4 Å². The Morgan fingerprint density at radius 1 is 1.07 bits per heavy atom. The van der Waals surface area contributed by atoms with Gasteiger partial charge < -0.3 is 19.9 Å². The molecule has 7 nitrogen and oxygen atoms in total. The van der Waals surface area contributed by atoms with Gasteiger partial charge in [-0.05, 0) is 41.7 Å². The van der Waals surface area contributed by atoms with Crippen molar-refractivity contribution in [2.45, 2.75) is 19.4 Å². The summed E-state index contributed by atoms with van der Waals surface area (Å²) in [6, 6.07) is 16.7. The number of aromatic nitrogens is 4. The molecule has 7 heteroatoms. The zero-order valence-electron chi connectivity index (χ0n) is 16.9. The van der Waals surface area contributed by atoms with Gasteiger partial charge in [0.1, 0.15) is 17.6 Å². The van der Waals surface area contributed by atoms with Gasteiger partial charge >= 0.3 is 0 Å². The predicted octanol–water partition coefficient (Wildman–Crippen LogP) is 3.58. The van der Waals surface area contributed by atoms with Crippen molar-refractivity contribution in [2.24, 2.45) is 0 Å². The van der Waals surface area contributed by atoms with E-state index in [9.17, 15) is 0 Å². The molecule has 1 aliphatic rings. The number of hydrogen-bond donors (Lipinski definition) is 2. The average molecular weight is 400 g/mol. The number of nitrogens with one attached hydrogen (secondary N) is 2. The van der Waals surface area contributed by atoms with Gasteiger partial charge in [-0.2, -0.15) is 4.98 Å². The Hall–Kier alpha value is -3.61. The van der Waals surface area contributed by atoms with E-state index in [0.29, 0.717) is 5.65 Å². The highest BCUT2D eigenvalue weighted by Crippen LogP contribution is 2.26. The molecule has 0 saturated heterocycles. The normalized spacial score (nSPS) is 13.3. The second kappa shape index (κ2) is 8.02. The van der Waals surface area contributed by atoms with Crippen molar-refractivity contribution in [1.29, 1.82) is 0 Å². The predicted molar refractivity (Wildman–Crippen MR) is 118 cm³/mol. The van der Waals surface area contributed by atoms with E-state index in [0.717, 1.165) is 55.5 Å². The largest absolute Gasteiger partial charge is 0.497 e. The van der Waals surface area contributed by atoms with Gasteiger partial charge in [0, 0.05) is 19.6 Å². The van der Waals surface area contributed by atoms with Crippen molar-refractivity contribution < 1.29 is 4.74 Å². The number of imidazole rings is 1. The molecule has 0 fully saturated rings. The Bertz CT molecular complexity index is 1150. The van der Waals surface area contributed by atoms with Gasteiger partial charge in [0.25, 0.3) is 0 Å². The van der Waals surface area contributed by atoms with Crippen LogP contribution in [0.5, 0.6) is 5.75 Å². The maximum absolute atomic E-state index is 5.22. The third-order valence-electron chi connectivity index (χ3n) is 5.57. The number of fused-ring (bicyclic) bond motifs is 2. The lowest BCUT2D eigenvalue weighted by atomic mass is 10.0. The number of benzene rings is 2. The number of ether oxygens (including phenoxy) is 1. The fraction of sp³-hybridized carbons (Fsp3) is 0.261. The first-order valence-electron chi connectivity index (χ1n) is 10.2. The Kier molecular flexibility index (Phi) is 4.93. The summed E-state index contributed by atoms with van der Waals surface area (Å²) in [6.07, 6.45) is 3.47. The zero-order chi connectivity index (χ0) is 20.3. The highest BCUT2D eigenvalue weighted by Gasteiger charge is 2.20. The lowest BCUT2D eigenvalue weighted by molar-refractivity contribution is 0.414. The molecule has 2 aromatic carbocycles. The van der Waals surface area contributed by atoms with Crippen molar-refractivity contribution in [3.05, 3.63) is 71.5 Å². The Morgan fingerprint density at radius 2 is 1.90 bits per heavy atom. The smallest absolute Gasteiger partial charge is 0.205 e. The summed E-state index contributed by atoms with van der Waals surface area (Å²) in [7, 11) is 1.68. The Morgan fingerprint density at radius 3 is 2.73 bits per heavy atom. The van der Waals surface area contributed by atoms with Crippen LogP contribution in [0.4, 0.5) is 11.8 Å². The molecule has 2 N–H and O–H groups in total. The molecule has 30 heavy (non-hydrogen) atoms. The van der Waals surface area contributed by atoms with E-state index in [1.54, 1.807) is 13.4 Å². The minimum absolute atomic E-state index is 0.686. The number of hydrogen-bond acceptors (Lipinski definition) is 6. The summed E-state index contributed by atoms with van der Waals surface area (Å²) in [4.78, 5) is 19.2. The number of aromatic amines is 1. The molecule has 152 valence electrons. The summed E-state index contributed by atoms with van der Waals surface area (Å²) in [5.74, 6) is 2.50. The van der Waals surface area contributed by atoms with Crippen molar-refractivity contribution >= 4 is 22.9 Å². The number of rotatable bonds is 6. The number of nitrogens with zero attached hydrogens (tertiary/aromatic N) is 4. The second-order valence-corrected chi connectivity index (χ2v) is 7.45. The number of H-pyrrole nitrogens is 1. The monoisotopic (exact) mass is 400 g/mol. The van der Waals surface area contributed by atoms with E-state index in [4.69, 9.17) is 9.72 Å². The summed E-state index contributed by atoms with van der Waals surface area (Å²) >= 11 is 0. The topological polar surface area (TPSA) is 79.0 Å². The van der Waals surface area contributed by atoms with Crippen LogP contribution in [0.3, 0.4) is 0 Å². The SMILES string of the molecule is COc1ccc(CCNc2ncnc3nc(N4CCc5ccccc5C4)[nH]c23)cc1. The molecule has 2 aromatic heterocycles. The molecule has 0 atom stereocenters. The van der Waals surface area contributed by atoms with Crippen LogP contribution in [0.15, 0.2) is 54.9 Å². The number of methoxy groups -OCH3 is 1. The molecule has 0 unspecified atom stereocenters. The molecule has 1 aliphatic heterocycles. The lowest BCUT2D eigenvalue weighted by Gasteiger charge is -2.28. The summed E-state index contributed by atoms with van der Waals surface area (Å²) in [6.45, 7) is 2.55. The summed E-state index contributed by atoms with van der Waals surface area (Å²) in [5.41, 5.74) is 5.55. The molecular weight excluding hydrogens is 376 g/mol. The number of anilines is 2. The fourth-order valence-electron chi connectivity index (χ4n) is 3.89. The van der Waals surface area contributed by atoms with Crippen molar-refractivity contribution in [3.63, 3.8) is 0 Å². The minimum Gasteiger partial charge on any atom is -0.497 e. The quantitative estimate of drug-likeness (QED) is 0.515. The van der Waals surface area contributed by atoms with Gasteiger partial charge in [-0.25, -0.2) is 9.97 Å². The molecule has 0 saturated carbocycles. The third kappa shape index (κ3) is 3.66. The molecule has 3 heterocycles. The highest BCUT2D eigenvalue weighted by atomic mass is 16.5. The van der Waals surface area contributed by atoms with Crippen LogP contribution in [0.2, 0.25) is 0 Å².